The first-order valence-corrected chi connectivity index (χ1v) is 16.4. The Bertz CT molecular complexity index is 2570. The molecule has 0 saturated heterocycles. The lowest BCUT2D eigenvalue weighted by atomic mass is 9.71. The molecule has 0 amide bonds. The van der Waals surface area contributed by atoms with Crippen molar-refractivity contribution < 1.29 is 0 Å². The van der Waals surface area contributed by atoms with Crippen LogP contribution in [0.5, 0.6) is 0 Å². The van der Waals surface area contributed by atoms with Crippen LogP contribution < -0.4 is 44.8 Å². The van der Waals surface area contributed by atoms with Crippen LogP contribution in [0.3, 0.4) is 0 Å². The number of imidazole rings is 2. The van der Waals surface area contributed by atoms with Gasteiger partial charge < -0.3 is 14.9 Å². The molecule has 19 heteroatoms. The van der Waals surface area contributed by atoms with Gasteiger partial charge >= 0.3 is 17.1 Å². The molecule has 0 saturated carbocycles. The Morgan fingerprint density at radius 2 is 1.22 bits per heavy atom. The molecule has 0 aliphatic rings. The quantitative estimate of drug-likeness (QED) is 0.124. The molecule has 0 aliphatic carbocycles. The second kappa shape index (κ2) is 13.3. The third-order valence-corrected chi connectivity index (χ3v) is 10.2. The predicted molar refractivity (Wildman–Crippen MR) is 193 cm³/mol. The highest BCUT2D eigenvalue weighted by Crippen LogP contribution is 2.38. The van der Waals surface area contributed by atoms with Crippen molar-refractivity contribution in [3.63, 3.8) is 0 Å². The number of hydrogen-bond donors (Lipinski definition) is 2. The monoisotopic (exact) mass is 707 g/mol. The summed E-state index contributed by atoms with van der Waals surface area (Å²) in [5, 5.41) is 3.50. The van der Waals surface area contributed by atoms with E-state index in [1.54, 1.807) is 29.6 Å². The fourth-order valence-corrected chi connectivity index (χ4v) is 6.98. The molecule has 5 heterocycles. The van der Waals surface area contributed by atoms with Crippen molar-refractivity contribution in [3.8, 4) is 0 Å². The first-order valence-electron chi connectivity index (χ1n) is 16.4. The maximum atomic E-state index is 13.6. The number of aliphatic imine (C=N–C) groups is 1. The average Bonchev–Trinajstić information content (AvgIpc) is 3.75. The van der Waals surface area contributed by atoms with E-state index in [9.17, 15) is 28.8 Å². The molecule has 5 aromatic heterocycles. The zero-order valence-electron chi connectivity index (χ0n) is 30.5. The summed E-state index contributed by atoms with van der Waals surface area (Å²) in [7, 11) is 8.87. The number of rotatable bonds is 11. The summed E-state index contributed by atoms with van der Waals surface area (Å²) in [6, 6.07) is -0.290. The van der Waals surface area contributed by atoms with Gasteiger partial charge in [0.25, 0.3) is 16.7 Å². The molecular weight excluding hydrogens is 662 g/mol. The number of nitrogens with zero attached hydrogens (tertiary/aromatic N) is 11. The Morgan fingerprint density at radius 3 is 1.75 bits per heavy atom. The van der Waals surface area contributed by atoms with E-state index in [1.807, 2.05) is 27.7 Å². The van der Waals surface area contributed by atoms with Gasteiger partial charge in [-0.1, -0.05) is 13.8 Å². The molecule has 3 unspecified atom stereocenters. The van der Waals surface area contributed by atoms with E-state index < -0.39 is 45.3 Å². The van der Waals surface area contributed by atoms with Gasteiger partial charge in [0.05, 0.1) is 30.7 Å². The molecule has 0 aromatic carbocycles. The van der Waals surface area contributed by atoms with Crippen LogP contribution in [0.25, 0.3) is 22.3 Å². The van der Waals surface area contributed by atoms with E-state index in [1.165, 1.54) is 48.2 Å². The molecule has 3 N–H and O–H groups in total. The van der Waals surface area contributed by atoms with Crippen LogP contribution in [0, 0.1) is 11.3 Å². The van der Waals surface area contributed by atoms with Crippen molar-refractivity contribution in [1.82, 2.24) is 51.8 Å². The summed E-state index contributed by atoms with van der Waals surface area (Å²) >= 11 is 0. The van der Waals surface area contributed by atoms with Gasteiger partial charge in [0, 0.05) is 54.9 Å². The van der Waals surface area contributed by atoms with Crippen LogP contribution in [-0.2, 0) is 48.7 Å². The zero-order valence-corrected chi connectivity index (χ0v) is 30.5. The second-order valence-electron chi connectivity index (χ2n) is 13.9. The summed E-state index contributed by atoms with van der Waals surface area (Å²) in [4.78, 5) is 91.0. The third-order valence-electron chi connectivity index (χ3n) is 10.2. The highest BCUT2D eigenvalue weighted by Gasteiger charge is 2.35. The normalized spacial score (nSPS) is 14.2. The van der Waals surface area contributed by atoms with Gasteiger partial charge in [-0.15, -0.1) is 0 Å². The number of nitrogens with one attached hydrogen (secondary N) is 1. The molecule has 0 radical (unpaired) electrons. The topological polar surface area (TPSA) is 218 Å². The summed E-state index contributed by atoms with van der Waals surface area (Å²) in [6.45, 7) is 8.21. The van der Waals surface area contributed by atoms with Gasteiger partial charge in [0.1, 0.15) is 5.82 Å². The molecule has 0 spiro atoms. The van der Waals surface area contributed by atoms with Crippen LogP contribution in [0.2, 0.25) is 0 Å². The van der Waals surface area contributed by atoms with Crippen molar-refractivity contribution in [2.24, 2.45) is 64.3 Å². The van der Waals surface area contributed by atoms with E-state index in [4.69, 9.17) is 5.73 Å². The first kappa shape index (κ1) is 36.7. The Morgan fingerprint density at radius 1 is 0.745 bits per heavy atom. The molecule has 51 heavy (non-hydrogen) atoms. The maximum absolute atomic E-state index is 13.6. The van der Waals surface area contributed by atoms with E-state index in [2.05, 4.69) is 20.3 Å². The van der Waals surface area contributed by atoms with Gasteiger partial charge in [-0.2, -0.15) is 0 Å². The van der Waals surface area contributed by atoms with E-state index in [-0.39, 0.29) is 46.6 Å². The van der Waals surface area contributed by atoms with Crippen molar-refractivity contribution >= 4 is 34.5 Å². The lowest BCUT2D eigenvalue weighted by Crippen LogP contribution is -2.43. The highest BCUT2D eigenvalue weighted by atomic mass is 16.2. The zero-order chi connectivity index (χ0) is 37.9. The number of aryl methyl sites for hydroxylation is 2. The van der Waals surface area contributed by atoms with Crippen molar-refractivity contribution in [1.29, 1.82) is 0 Å². The van der Waals surface area contributed by atoms with Crippen molar-refractivity contribution in [2.45, 2.75) is 52.7 Å². The predicted octanol–water partition coefficient (Wildman–Crippen LogP) is -1.16. The number of hydrogen-bond acceptors (Lipinski definition) is 10. The summed E-state index contributed by atoms with van der Waals surface area (Å²) < 4.78 is 10.5. The molecule has 5 rings (SSSR count). The SMILES string of the molecule is CC(CC(C)(C)C(CNC(C)n1cnc2c1c(=O)n(C)c(=O)n2C)Cc1c(/N=C\N)n(C)c(=O)n(C)c1=O)n1cnc2c1c(=O)n(C)c(=O)n2C. The lowest BCUT2D eigenvalue weighted by molar-refractivity contribution is 0.156. The molecule has 0 fully saturated rings. The Hall–Kier alpha value is -5.59. The molecule has 0 aliphatic heterocycles. The van der Waals surface area contributed by atoms with Crippen LogP contribution in [0.1, 0.15) is 51.9 Å². The Kier molecular flexibility index (Phi) is 9.55. The fourth-order valence-electron chi connectivity index (χ4n) is 6.98. The lowest BCUT2D eigenvalue weighted by Gasteiger charge is -2.38. The minimum atomic E-state index is -0.574. The Balaban J connectivity index is 1.58. The number of aromatic nitrogens is 10. The molecule has 3 atom stereocenters. The summed E-state index contributed by atoms with van der Waals surface area (Å²) in [6.07, 6.45) is 4.27. The fraction of sp³-hybridized carbons (Fsp3) is 0.531. The minimum Gasteiger partial charge on any atom is -0.390 e. The number of nitrogens with two attached hydrogens (primary N) is 1. The molecule has 274 valence electrons. The molecule has 5 aromatic rings. The van der Waals surface area contributed by atoms with Crippen molar-refractivity contribution in [2.75, 3.05) is 6.54 Å². The van der Waals surface area contributed by atoms with Gasteiger partial charge in [-0.25, -0.2) is 29.3 Å². The molecule has 19 nitrogen and oxygen atoms in total. The smallest absolute Gasteiger partial charge is 0.332 e. The maximum Gasteiger partial charge on any atom is 0.332 e. The van der Waals surface area contributed by atoms with E-state index in [0.29, 0.717) is 18.5 Å². The Labute approximate surface area is 290 Å². The summed E-state index contributed by atoms with van der Waals surface area (Å²) in [5.41, 5.74) is 3.46. The largest absolute Gasteiger partial charge is 0.390 e. The highest BCUT2D eigenvalue weighted by molar-refractivity contribution is 5.71. The van der Waals surface area contributed by atoms with Crippen LogP contribution in [-0.4, -0.2) is 59.4 Å². The molecule has 0 bridgehead atoms. The van der Waals surface area contributed by atoms with Crippen LogP contribution >= 0.6 is 0 Å². The van der Waals surface area contributed by atoms with Gasteiger partial charge in [0.15, 0.2) is 22.3 Å². The standard InChI is InChI=1S/C32H45N13O6/c1-17(44-15-36-24-21(44)27(47)42(9)30(50)39(24)6)12-32(3,4)19(11-20-23(35-14-33)38(5)29(49)41(8)26(20)46)13-34-18(2)45-16-37-25-22(45)28(48)43(10)31(51)40(25)7/h14-19,34H,11-13H2,1-10H3,(H2,33,35). The van der Waals surface area contributed by atoms with E-state index in [0.717, 1.165) is 20.0 Å². The summed E-state index contributed by atoms with van der Waals surface area (Å²) in [5.74, 6) is -0.175. The van der Waals surface area contributed by atoms with Gasteiger partial charge in [-0.05, 0) is 38.0 Å². The minimum absolute atomic E-state index is 0.141. The van der Waals surface area contributed by atoms with Crippen LogP contribution in [0.15, 0.2) is 46.4 Å². The second-order valence-corrected chi connectivity index (χ2v) is 13.9. The van der Waals surface area contributed by atoms with Gasteiger partial charge in [-0.3, -0.25) is 47.1 Å². The van der Waals surface area contributed by atoms with E-state index >= 15 is 0 Å². The number of fused-ring (bicyclic) bond motifs is 2. The van der Waals surface area contributed by atoms with Crippen molar-refractivity contribution in [3.05, 3.63) is 80.7 Å². The van der Waals surface area contributed by atoms with Crippen LogP contribution in [0.4, 0.5) is 5.82 Å². The average molecular weight is 708 g/mol. The van der Waals surface area contributed by atoms with Gasteiger partial charge in [0.2, 0.25) is 0 Å². The molecular formula is C32H45N13O6. The first-order chi connectivity index (χ1) is 23.8. The third kappa shape index (κ3) is 6.00.